The molecule has 0 spiro atoms. The summed E-state index contributed by atoms with van der Waals surface area (Å²) >= 11 is 15.0. The van der Waals surface area contributed by atoms with Crippen LogP contribution in [0, 0.1) is 59.3 Å². The topological polar surface area (TPSA) is 590 Å². The number of carboxylic acids is 2. The minimum Gasteiger partial charge on any atom is -0.481 e. The highest BCUT2D eigenvalue weighted by Gasteiger charge is 2.39. The third-order valence-electron chi connectivity index (χ3n) is 14.3. The predicted octanol–water partition coefficient (Wildman–Crippen LogP) is 9.96. The van der Waals surface area contributed by atoms with Gasteiger partial charge in [0.15, 0.2) is 96.4 Å². The lowest BCUT2D eigenvalue weighted by Crippen LogP contribution is -2.34. The number of halogens is 1. The van der Waals surface area contributed by atoms with Gasteiger partial charge in [0.25, 0.3) is 0 Å². The molecule has 0 aromatic carbocycles. The van der Waals surface area contributed by atoms with Crippen LogP contribution < -0.4 is 34.9 Å². The summed E-state index contributed by atoms with van der Waals surface area (Å²) in [5.41, 5.74) is -0.372. The van der Waals surface area contributed by atoms with Crippen molar-refractivity contribution in [2.75, 3.05) is 23.9 Å². The van der Waals surface area contributed by atoms with Gasteiger partial charge in [-0.15, -0.1) is 0 Å². The quantitative estimate of drug-likeness (QED) is 0.0113. The number of Topliss-reactive ketones (excluding diaryl/α,β-unsaturated/α-hetero) is 3. The number of ether oxygens (including phenoxy) is 7. The smallest absolute Gasteiger partial charge is 0.481 e. The first-order valence-electron chi connectivity index (χ1n) is 31.8. The Hall–Kier alpha value is -9.61. The minimum absolute atomic E-state index is 0.00463. The number of thiol groups is 2. The van der Waals surface area contributed by atoms with Crippen molar-refractivity contribution in [1.82, 2.24) is 0 Å². The summed E-state index contributed by atoms with van der Waals surface area (Å²) in [6.45, 7) is 17.1. The van der Waals surface area contributed by atoms with Gasteiger partial charge >= 0.3 is 85.4 Å². The van der Waals surface area contributed by atoms with E-state index in [1.165, 1.54) is 62.3 Å². The second-order valence-electron chi connectivity index (χ2n) is 24.1. The summed E-state index contributed by atoms with van der Waals surface area (Å²) in [6, 6.07) is 0. The fourth-order valence-electron chi connectivity index (χ4n) is 7.73. The molecule has 7 heterocycles. The van der Waals surface area contributed by atoms with Crippen molar-refractivity contribution in [1.29, 1.82) is 0 Å². The van der Waals surface area contributed by atoms with Crippen molar-refractivity contribution in [3.63, 3.8) is 0 Å². The molecule has 1 aliphatic rings. The number of thioether (sulfide) groups is 4. The molecule has 0 radical (unpaired) electrons. The van der Waals surface area contributed by atoms with E-state index in [0.717, 1.165) is 0 Å². The van der Waals surface area contributed by atoms with Crippen molar-refractivity contribution in [3.8, 4) is 0 Å². The molecule has 3 atom stereocenters. The summed E-state index contributed by atoms with van der Waals surface area (Å²) < 4.78 is 86.6. The van der Waals surface area contributed by atoms with Crippen LogP contribution in [0.4, 0.5) is 24.0 Å². The number of hydrogen-bond donors (Lipinski definition) is 5. The zero-order valence-corrected chi connectivity index (χ0v) is 67.3. The number of ketones is 3. The standard InChI is InChI=1S/C26H28O15S2.C20H22O13S2.C8H14O3S2.C6H5ClO5.C5H6O4/c1-12-6-20(28)39-16(12)8-34-21(29)15(11-42-24(32)35-9-17-13(2)37-22(30)40-17)7-19(27)26(4,5)43-25(33)36-10-18-14(3)38-23(31)41-18;1-9-12(32-16(24)30-9)6-28-18(26)34-8-11(15(22)23)5-14(21)20(3,4)35-19(27)29-7-13-10(2)31-17(25)33-13;1-8(2,13)6(9)3-5(4-12)7(10)11;1-3-4(2-10-5(7)8)12-6(9)11-3;1-3-4(2-6)9-5(7)8-3/h15H,6-11H2,1-5H3;11H,5-8H2,1-4H3,(H,22,23);5,12-13H,3-4H2,1-2H3,(H,10,11);2H2,1H3;6H,2H2,1H3/t15-;11-;5-;;/m000../s1. The molecule has 1 aliphatic heterocycles. The van der Waals surface area contributed by atoms with E-state index in [9.17, 15) is 91.4 Å². The first-order chi connectivity index (χ1) is 52.0. The second kappa shape index (κ2) is 45.2. The molecule has 0 saturated heterocycles. The Bertz CT molecular complexity index is 4710. The number of aliphatic hydroxyl groups is 1. The number of aliphatic hydroxyl groups excluding tert-OH is 1. The van der Waals surface area contributed by atoms with Crippen LogP contribution in [0.1, 0.15) is 143 Å². The molecule has 618 valence electrons. The number of aryl methyl sites for hydroxylation is 6. The van der Waals surface area contributed by atoms with Gasteiger partial charge in [0.1, 0.15) is 42.1 Å². The summed E-state index contributed by atoms with van der Waals surface area (Å²) in [5, 5.41) is 23.2. The molecular formula is C65H75ClO40S6. The molecule has 0 aliphatic carbocycles. The number of carbonyl (C=O) groups excluding carboxylic acids is 10. The van der Waals surface area contributed by atoms with Crippen LogP contribution in [0.2, 0.25) is 0 Å². The molecule has 6 aromatic heterocycles. The fraction of sp³-hybridized carbons (Fsp3) is 0.508. The van der Waals surface area contributed by atoms with Gasteiger partial charge < -0.3 is 101 Å². The van der Waals surface area contributed by atoms with E-state index >= 15 is 0 Å². The predicted molar refractivity (Wildman–Crippen MR) is 389 cm³/mol. The van der Waals surface area contributed by atoms with Gasteiger partial charge in [-0.25, -0.2) is 52.7 Å². The largest absolute Gasteiger partial charge is 0.519 e. The first-order valence-corrected chi connectivity index (χ1v) is 36.9. The van der Waals surface area contributed by atoms with Crippen LogP contribution in [0.15, 0.2) is 93.1 Å². The normalized spacial score (nSPS) is 12.6. The number of cyclic esters (lactones) is 1. The third kappa shape index (κ3) is 34.2. The molecule has 47 heteroatoms. The lowest BCUT2D eigenvalue weighted by Gasteiger charge is -2.23. The van der Waals surface area contributed by atoms with Crippen molar-refractivity contribution < 1.29 is 159 Å². The molecule has 0 fully saturated rings. The van der Waals surface area contributed by atoms with Crippen LogP contribution in [0.25, 0.3) is 0 Å². The Labute approximate surface area is 662 Å². The fourth-order valence-corrected chi connectivity index (χ4v) is 11.1. The van der Waals surface area contributed by atoms with Crippen LogP contribution in [0.5, 0.6) is 0 Å². The van der Waals surface area contributed by atoms with Gasteiger partial charge in [0.05, 0.1) is 38.4 Å². The zero-order valence-electron chi connectivity index (χ0n) is 61.5. The average Bonchev–Trinajstić information content (AvgIpc) is 1.26. The van der Waals surface area contributed by atoms with Crippen LogP contribution >= 0.6 is 83.9 Å². The highest BCUT2D eigenvalue weighted by atomic mass is 35.5. The highest BCUT2D eigenvalue weighted by molar-refractivity contribution is 8.15. The molecule has 0 bridgehead atoms. The number of hydrogen-bond acceptors (Lipinski definition) is 44. The highest BCUT2D eigenvalue weighted by Crippen LogP contribution is 2.34. The molecule has 6 aromatic rings. The lowest BCUT2D eigenvalue weighted by atomic mass is 9.97. The van der Waals surface area contributed by atoms with E-state index in [1.54, 1.807) is 27.7 Å². The summed E-state index contributed by atoms with van der Waals surface area (Å²) in [7, 11) is 0. The SMILES string of the molecule is CC(C)(S)C(=O)C[C@@H](CS)C(=O)O.CC1=C(COC(=O)[C@H](CSC(=O)OCc2oc(=O)oc2C)CC(=O)C(C)(C)SC(=O)OCc2oc(=O)oc2C)OC(=O)C1.Cc1oc(=O)oc1CO.Cc1oc(=O)oc1COC(=O)Cl.Cc1oc(=O)oc1COC(=O)SC[C@H](CC(=O)C(C)(C)SC(=O)OCc1oc(=O)oc1C)C(=O)O. The third-order valence-corrected chi connectivity index (χ3v) is 19.0. The van der Waals surface area contributed by atoms with E-state index in [0.29, 0.717) is 58.4 Å². The molecule has 0 saturated carbocycles. The van der Waals surface area contributed by atoms with Gasteiger partial charge in [-0.05, 0) is 143 Å². The Morgan fingerprint density at radius 1 is 0.429 bits per heavy atom. The van der Waals surface area contributed by atoms with E-state index in [1.807, 2.05) is 0 Å². The number of carbonyl (C=O) groups is 12. The van der Waals surface area contributed by atoms with E-state index in [-0.39, 0.29) is 138 Å². The molecule has 112 heavy (non-hydrogen) atoms. The van der Waals surface area contributed by atoms with Crippen molar-refractivity contribution in [2.45, 2.75) is 170 Å². The van der Waals surface area contributed by atoms with Crippen LogP contribution in [-0.2, 0) is 106 Å². The van der Waals surface area contributed by atoms with E-state index in [4.69, 9.17) is 72.3 Å². The van der Waals surface area contributed by atoms with Crippen LogP contribution in [0.3, 0.4) is 0 Å². The number of aliphatic carboxylic acids is 2. The minimum atomic E-state index is -1.39. The van der Waals surface area contributed by atoms with Crippen molar-refractivity contribution in [3.05, 3.63) is 144 Å². The van der Waals surface area contributed by atoms with Crippen molar-refractivity contribution in [2.24, 2.45) is 17.8 Å². The Kier molecular flexibility index (Phi) is 39.0. The van der Waals surface area contributed by atoms with Gasteiger partial charge in [-0.1, -0.05) is 0 Å². The number of rotatable bonds is 32. The summed E-state index contributed by atoms with van der Waals surface area (Å²) in [4.78, 5) is 208. The van der Waals surface area contributed by atoms with Gasteiger partial charge in [0, 0.05) is 48.1 Å². The molecule has 3 N–H and O–H groups in total. The first kappa shape index (κ1) is 96.6. The number of carboxylic acid groups (broad SMARTS) is 2. The molecule has 0 amide bonds. The van der Waals surface area contributed by atoms with Gasteiger partial charge in [-0.3, -0.25) is 33.6 Å². The summed E-state index contributed by atoms with van der Waals surface area (Å²) in [5.74, 6) is -12.0. The van der Waals surface area contributed by atoms with Crippen LogP contribution in [-0.4, -0.2) is 121 Å². The van der Waals surface area contributed by atoms with E-state index in [2.05, 4.69) is 60.9 Å². The monoisotopic (exact) mass is 1720 g/mol. The lowest BCUT2D eigenvalue weighted by molar-refractivity contribution is -0.150. The Morgan fingerprint density at radius 2 is 0.732 bits per heavy atom. The second-order valence-corrected chi connectivity index (χ2v) is 31.0. The Balaban J connectivity index is 0.000000413. The van der Waals surface area contributed by atoms with E-state index < -0.39 is 155 Å². The Morgan fingerprint density at radius 3 is 1.00 bits per heavy atom. The molecule has 7 rings (SSSR count). The average molecular weight is 1720 g/mol. The molecule has 40 nitrogen and oxygen atoms in total. The zero-order chi connectivity index (χ0) is 84.9. The maximum Gasteiger partial charge on any atom is 0.519 e. The van der Waals surface area contributed by atoms with Gasteiger partial charge in [0.2, 0.25) is 0 Å². The molecule has 0 unspecified atom stereocenters. The maximum atomic E-state index is 13.2. The summed E-state index contributed by atoms with van der Waals surface area (Å²) in [6.07, 6.45) is -0.847. The maximum absolute atomic E-state index is 13.2. The van der Waals surface area contributed by atoms with Crippen molar-refractivity contribution >= 4 is 152 Å². The molecular weight excluding hydrogens is 1650 g/mol. The van der Waals surface area contributed by atoms with Gasteiger partial charge in [-0.2, -0.15) is 25.3 Å². The number of esters is 2.